The molecule has 1 atom stereocenters. The maximum absolute atomic E-state index is 13.0. The minimum atomic E-state index is -0.940. The zero-order valence-corrected chi connectivity index (χ0v) is 15.5. The second-order valence-corrected chi connectivity index (χ2v) is 6.68. The van der Waals surface area contributed by atoms with Gasteiger partial charge >= 0.3 is 0 Å². The van der Waals surface area contributed by atoms with Gasteiger partial charge in [0.2, 0.25) is 0 Å². The third-order valence-electron chi connectivity index (χ3n) is 4.79. The maximum Gasteiger partial charge on any atom is 0.300 e. The van der Waals surface area contributed by atoms with Gasteiger partial charge in [0.15, 0.2) is 0 Å². The smallest absolute Gasteiger partial charge is 0.300 e. The number of carbonyl (C=O) groups is 2. The van der Waals surface area contributed by atoms with Gasteiger partial charge in [0, 0.05) is 30.4 Å². The summed E-state index contributed by atoms with van der Waals surface area (Å²) in [6, 6.07) is 10.3. The number of aromatic hydroxyl groups is 1. The molecule has 144 valence electrons. The number of pyridine rings is 2. The van der Waals surface area contributed by atoms with Crippen molar-refractivity contribution in [1.29, 1.82) is 0 Å². The molecule has 2 N–H and O–H groups in total. The molecule has 1 aromatic carbocycles. The molecule has 1 saturated heterocycles. The van der Waals surface area contributed by atoms with Crippen LogP contribution >= 0.6 is 0 Å². The summed E-state index contributed by atoms with van der Waals surface area (Å²) in [5.74, 6) is -2.13. The Labute approximate surface area is 166 Å². The number of phenols is 1. The highest BCUT2D eigenvalue weighted by Crippen LogP contribution is 2.44. The van der Waals surface area contributed by atoms with Crippen LogP contribution in [0.25, 0.3) is 5.76 Å². The lowest BCUT2D eigenvalue weighted by Gasteiger charge is -2.26. The molecular weight excluding hydrogens is 370 g/mol. The number of ketones is 1. The van der Waals surface area contributed by atoms with Crippen LogP contribution in [-0.4, -0.2) is 31.9 Å². The van der Waals surface area contributed by atoms with Crippen molar-refractivity contribution in [2.75, 3.05) is 4.90 Å². The molecule has 7 heteroatoms. The van der Waals surface area contributed by atoms with Crippen LogP contribution < -0.4 is 4.90 Å². The van der Waals surface area contributed by atoms with Crippen LogP contribution in [0.3, 0.4) is 0 Å². The van der Waals surface area contributed by atoms with Gasteiger partial charge < -0.3 is 10.2 Å². The van der Waals surface area contributed by atoms with Crippen LogP contribution in [0.1, 0.15) is 22.7 Å². The van der Waals surface area contributed by atoms with Gasteiger partial charge in [-0.15, -0.1) is 0 Å². The van der Waals surface area contributed by atoms with Crippen molar-refractivity contribution in [2.45, 2.75) is 13.0 Å². The van der Waals surface area contributed by atoms with E-state index >= 15 is 0 Å². The Morgan fingerprint density at radius 3 is 2.48 bits per heavy atom. The fourth-order valence-electron chi connectivity index (χ4n) is 3.43. The summed E-state index contributed by atoms with van der Waals surface area (Å²) in [7, 11) is 0. The Bertz CT molecular complexity index is 1130. The van der Waals surface area contributed by atoms with Gasteiger partial charge in [-0.05, 0) is 48.4 Å². The average molecular weight is 387 g/mol. The predicted octanol–water partition coefficient (Wildman–Crippen LogP) is 3.12. The van der Waals surface area contributed by atoms with E-state index in [0.29, 0.717) is 11.1 Å². The molecule has 0 bridgehead atoms. The zero-order chi connectivity index (χ0) is 20.5. The first-order valence-corrected chi connectivity index (χ1v) is 8.90. The van der Waals surface area contributed by atoms with E-state index in [1.165, 1.54) is 29.6 Å². The second-order valence-electron chi connectivity index (χ2n) is 6.68. The van der Waals surface area contributed by atoms with Gasteiger partial charge in [0.05, 0.1) is 17.3 Å². The quantitative estimate of drug-likeness (QED) is 0.407. The van der Waals surface area contributed by atoms with E-state index < -0.39 is 17.7 Å². The zero-order valence-electron chi connectivity index (χ0n) is 15.5. The van der Waals surface area contributed by atoms with Crippen molar-refractivity contribution >= 4 is 23.1 Å². The number of hydrogen-bond donors (Lipinski definition) is 2. The van der Waals surface area contributed by atoms with Gasteiger partial charge in [-0.1, -0.05) is 12.1 Å². The molecule has 29 heavy (non-hydrogen) atoms. The number of Topliss-reactive ketones (excluding diaryl/α,β-unsaturated/α-hetero) is 1. The van der Waals surface area contributed by atoms with E-state index in [4.69, 9.17) is 0 Å². The number of phenolic OH excluding ortho intramolecular Hbond substituents is 1. The molecule has 0 saturated carbocycles. The minimum absolute atomic E-state index is 0.0740. The van der Waals surface area contributed by atoms with Crippen LogP contribution in [0, 0.1) is 6.92 Å². The Kier molecular flexibility index (Phi) is 4.56. The van der Waals surface area contributed by atoms with Crippen LogP contribution in [0.4, 0.5) is 5.69 Å². The highest BCUT2D eigenvalue weighted by Gasteiger charge is 2.47. The fraction of sp³-hybridized carbons (Fsp3) is 0.0909. The molecule has 2 aromatic heterocycles. The summed E-state index contributed by atoms with van der Waals surface area (Å²) in [6.07, 6.45) is 6.06. The van der Waals surface area contributed by atoms with Crippen molar-refractivity contribution in [1.82, 2.24) is 9.97 Å². The summed E-state index contributed by atoms with van der Waals surface area (Å²) in [5.41, 5.74) is 1.81. The topological polar surface area (TPSA) is 104 Å². The molecule has 1 aliphatic heterocycles. The molecule has 4 rings (SSSR count). The molecule has 0 spiro atoms. The number of aromatic nitrogens is 2. The van der Waals surface area contributed by atoms with Gasteiger partial charge in [-0.25, -0.2) is 0 Å². The lowest BCUT2D eigenvalue weighted by Crippen LogP contribution is -2.29. The second kappa shape index (κ2) is 7.20. The van der Waals surface area contributed by atoms with Crippen molar-refractivity contribution < 1.29 is 19.8 Å². The molecular formula is C22H17N3O4. The fourth-order valence-corrected chi connectivity index (χ4v) is 3.43. The molecule has 0 radical (unpaired) electrons. The van der Waals surface area contributed by atoms with Crippen LogP contribution in [0.15, 0.2) is 72.8 Å². The lowest BCUT2D eigenvalue weighted by atomic mass is 9.96. The number of benzene rings is 1. The molecule has 1 unspecified atom stereocenters. The summed E-state index contributed by atoms with van der Waals surface area (Å²) in [5, 5.41) is 21.3. The summed E-state index contributed by atoms with van der Waals surface area (Å²) in [6.45, 7) is 1.82. The normalized spacial score (nSPS) is 18.2. The Morgan fingerprint density at radius 2 is 1.79 bits per heavy atom. The van der Waals surface area contributed by atoms with Crippen molar-refractivity contribution in [3.63, 3.8) is 0 Å². The predicted molar refractivity (Wildman–Crippen MR) is 106 cm³/mol. The summed E-state index contributed by atoms with van der Waals surface area (Å²) < 4.78 is 0. The summed E-state index contributed by atoms with van der Waals surface area (Å²) >= 11 is 0. The largest absolute Gasteiger partial charge is 0.507 e. The number of anilines is 1. The Morgan fingerprint density at radius 1 is 1.03 bits per heavy atom. The number of rotatable bonds is 3. The highest BCUT2D eigenvalue weighted by atomic mass is 16.3. The first-order chi connectivity index (χ1) is 14.0. The van der Waals surface area contributed by atoms with E-state index in [9.17, 15) is 19.8 Å². The minimum Gasteiger partial charge on any atom is -0.507 e. The van der Waals surface area contributed by atoms with Crippen LogP contribution in [-0.2, 0) is 9.59 Å². The molecule has 1 amide bonds. The maximum atomic E-state index is 13.0. The van der Waals surface area contributed by atoms with Gasteiger partial charge in [0.25, 0.3) is 11.7 Å². The molecule has 7 nitrogen and oxygen atoms in total. The third kappa shape index (κ3) is 3.12. The molecule has 3 heterocycles. The Balaban J connectivity index is 1.98. The van der Waals surface area contributed by atoms with Gasteiger partial charge in [-0.3, -0.25) is 24.5 Å². The average Bonchev–Trinajstić information content (AvgIpc) is 3.01. The number of carbonyl (C=O) groups excluding carboxylic acids is 2. The van der Waals surface area contributed by atoms with Gasteiger partial charge in [-0.2, -0.15) is 0 Å². The van der Waals surface area contributed by atoms with Crippen molar-refractivity contribution in [2.24, 2.45) is 0 Å². The van der Waals surface area contributed by atoms with E-state index in [2.05, 4.69) is 9.97 Å². The molecule has 1 aliphatic rings. The number of aryl methyl sites for hydroxylation is 1. The number of hydrogen-bond acceptors (Lipinski definition) is 6. The van der Waals surface area contributed by atoms with Crippen molar-refractivity contribution in [3.05, 3.63) is 89.5 Å². The number of aliphatic hydroxyl groups is 1. The van der Waals surface area contributed by atoms with Crippen molar-refractivity contribution in [3.8, 4) is 5.75 Å². The summed E-state index contributed by atoms with van der Waals surface area (Å²) in [4.78, 5) is 35.1. The van der Waals surface area contributed by atoms with Crippen LogP contribution in [0.2, 0.25) is 0 Å². The first kappa shape index (κ1) is 18.4. The molecule has 1 fully saturated rings. The number of nitrogens with zero attached hydrogens (tertiary/aromatic N) is 3. The van der Waals surface area contributed by atoms with E-state index in [-0.39, 0.29) is 22.8 Å². The number of aliphatic hydroxyl groups excluding tert-OH is 1. The SMILES string of the molecule is Cc1ccc(O)c(N2C(=O)C(=O)/C(=C(/O)c3ccncc3)C2c2cccnc2)c1. The van der Waals surface area contributed by atoms with E-state index in [0.717, 1.165) is 5.56 Å². The third-order valence-corrected chi connectivity index (χ3v) is 4.79. The highest BCUT2D eigenvalue weighted by molar-refractivity contribution is 6.51. The van der Waals surface area contributed by atoms with E-state index in [1.807, 2.05) is 6.92 Å². The number of amides is 1. The Hall–Kier alpha value is -4.00. The van der Waals surface area contributed by atoms with E-state index in [1.54, 1.807) is 42.6 Å². The molecule has 0 aliphatic carbocycles. The van der Waals surface area contributed by atoms with Crippen LogP contribution in [0.5, 0.6) is 5.75 Å². The molecule has 3 aromatic rings. The van der Waals surface area contributed by atoms with Gasteiger partial charge in [0.1, 0.15) is 11.5 Å². The lowest BCUT2D eigenvalue weighted by molar-refractivity contribution is -0.132. The first-order valence-electron chi connectivity index (χ1n) is 8.90. The standard InChI is InChI=1S/C22H17N3O4/c1-13-4-5-17(26)16(11-13)25-19(15-3-2-8-24-12-15)18(21(28)22(25)29)20(27)14-6-9-23-10-7-14/h2-12,19,26-27H,1H3/b20-18+. The monoisotopic (exact) mass is 387 g/mol.